The summed E-state index contributed by atoms with van der Waals surface area (Å²) < 4.78 is 77.1. The topological polar surface area (TPSA) is 84.0 Å². The molecule has 180 valence electrons. The summed E-state index contributed by atoms with van der Waals surface area (Å²) >= 11 is 7.57. The molecule has 0 aliphatic rings. The van der Waals surface area contributed by atoms with E-state index in [4.69, 9.17) is 11.6 Å². The number of aromatic nitrogens is 2. The molecule has 15 heteroatoms. The maximum Gasteiger partial charge on any atom is 0.416 e. The van der Waals surface area contributed by atoms with E-state index in [1.54, 1.807) is 0 Å². The highest BCUT2D eigenvalue weighted by Crippen LogP contribution is 2.34. The molecule has 0 radical (unpaired) electrons. The van der Waals surface area contributed by atoms with Crippen LogP contribution in [0.2, 0.25) is 5.02 Å². The van der Waals surface area contributed by atoms with Gasteiger partial charge < -0.3 is 5.32 Å². The summed E-state index contributed by atoms with van der Waals surface area (Å²) in [6.07, 6.45) is -9.22. The molecule has 0 saturated heterocycles. The van der Waals surface area contributed by atoms with Crippen molar-refractivity contribution in [1.82, 2.24) is 10.2 Å². The van der Waals surface area contributed by atoms with Crippen molar-refractivity contribution in [3.05, 3.63) is 64.2 Å². The average molecular weight is 541 g/mol. The van der Waals surface area contributed by atoms with Gasteiger partial charge in [0.25, 0.3) is 5.91 Å². The summed E-state index contributed by atoms with van der Waals surface area (Å²) in [7, 11) is 0. The molecule has 0 aliphatic carbocycles. The lowest BCUT2D eigenvalue weighted by molar-refractivity contribution is -0.138. The molecule has 0 aliphatic heterocycles. The van der Waals surface area contributed by atoms with Crippen LogP contribution in [0.25, 0.3) is 0 Å². The van der Waals surface area contributed by atoms with Gasteiger partial charge in [0.2, 0.25) is 11.0 Å². The van der Waals surface area contributed by atoms with E-state index in [-0.39, 0.29) is 31.5 Å². The van der Waals surface area contributed by atoms with Crippen LogP contribution in [0.5, 0.6) is 0 Å². The van der Waals surface area contributed by atoms with E-state index >= 15 is 0 Å². The molecule has 0 bridgehead atoms. The molecule has 0 saturated carbocycles. The second-order valence-corrected chi connectivity index (χ2v) is 9.04. The van der Waals surface area contributed by atoms with E-state index < -0.39 is 35.3 Å². The van der Waals surface area contributed by atoms with E-state index in [2.05, 4.69) is 20.8 Å². The maximum atomic E-state index is 12.8. The van der Waals surface area contributed by atoms with Gasteiger partial charge in [-0.3, -0.25) is 14.9 Å². The lowest BCUT2D eigenvalue weighted by atomic mass is 10.1. The van der Waals surface area contributed by atoms with Gasteiger partial charge in [-0.05, 0) is 36.4 Å². The second-order valence-electron chi connectivity index (χ2n) is 6.44. The van der Waals surface area contributed by atoms with Crippen molar-refractivity contribution in [2.24, 2.45) is 0 Å². The first-order valence-corrected chi connectivity index (χ1v) is 11.1. The van der Waals surface area contributed by atoms with Crippen molar-refractivity contribution in [2.45, 2.75) is 16.7 Å². The number of alkyl halides is 6. The molecule has 0 fully saturated rings. The molecule has 2 aromatic carbocycles. The highest BCUT2D eigenvalue weighted by atomic mass is 35.5. The van der Waals surface area contributed by atoms with E-state index in [1.165, 1.54) is 6.07 Å². The standard InChI is InChI=1S/C19H11ClF6N4O2S2/c20-12-5-4-11(19(24,25)26)7-13(12)27-14(31)8-33-17-30-29-16(34-17)28-15(32)9-2-1-3-10(6-9)18(21,22)23/h1-7H,8H2,(H,27,31)(H,28,29,32). The van der Waals surface area contributed by atoms with Gasteiger partial charge in [0, 0.05) is 5.56 Å². The number of thioether (sulfide) groups is 1. The number of carbonyl (C=O) groups excluding carboxylic acids is 2. The molecule has 34 heavy (non-hydrogen) atoms. The predicted molar refractivity (Wildman–Crippen MR) is 115 cm³/mol. The number of nitrogens with zero attached hydrogens (tertiary/aromatic N) is 2. The van der Waals surface area contributed by atoms with Crippen molar-refractivity contribution in [1.29, 1.82) is 0 Å². The van der Waals surface area contributed by atoms with Crippen LogP contribution in [0, 0.1) is 0 Å². The fourth-order valence-corrected chi connectivity index (χ4v) is 4.15. The number of nitrogens with one attached hydrogen (secondary N) is 2. The first-order chi connectivity index (χ1) is 15.8. The Labute approximate surface area is 200 Å². The largest absolute Gasteiger partial charge is 0.416 e. The summed E-state index contributed by atoms with van der Waals surface area (Å²) in [6.45, 7) is 0. The molecule has 3 rings (SSSR count). The quantitative estimate of drug-likeness (QED) is 0.220. The van der Waals surface area contributed by atoms with Crippen molar-refractivity contribution < 1.29 is 35.9 Å². The number of halogens is 7. The Kier molecular flexibility index (Phi) is 7.73. The molecule has 0 unspecified atom stereocenters. The van der Waals surface area contributed by atoms with E-state index in [0.29, 0.717) is 12.1 Å². The van der Waals surface area contributed by atoms with E-state index in [9.17, 15) is 35.9 Å². The Morgan fingerprint density at radius 2 is 1.62 bits per heavy atom. The predicted octanol–water partition coefficient (Wildman–Crippen LogP) is 6.21. The van der Waals surface area contributed by atoms with Gasteiger partial charge in [-0.25, -0.2) is 0 Å². The average Bonchev–Trinajstić information content (AvgIpc) is 3.20. The highest BCUT2D eigenvalue weighted by molar-refractivity contribution is 8.01. The lowest BCUT2D eigenvalue weighted by Crippen LogP contribution is -2.15. The number of rotatable bonds is 6. The fraction of sp³-hybridized carbons (Fsp3) is 0.158. The molecule has 2 amide bonds. The zero-order valence-corrected chi connectivity index (χ0v) is 18.8. The monoisotopic (exact) mass is 540 g/mol. The molecule has 1 heterocycles. The number of hydrogen-bond acceptors (Lipinski definition) is 6. The Balaban J connectivity index is 1.57. The van der Waals surface area contributed by atoms with Crippen molar-refractivity contribution in [3.8, 4) is 0 Å². The summed E-state index contributed by atoms with van der Waals surface area (Å²) in [5.74, 6) is -1.77. The highest BCUT2D eigenvalue weighted by Gasteiger charge is 2.32. The van der Waals surface area contributed by atoms with Crippen LogP contribution < -0.4 is 10.6 Å². The molecule has 0 atom stereocenters. The van der Waals surface area contributed by atoms with Crippen molar-refractivity contribution in [2.75, 3.05) is 16.4 Å². The third-order valence-electron chi connectivity index (χ3n) is 3.97. The van der Waals surface area contributed by atoms with Gasteiger partial charge in [-0.15, -0.1) is 10.2 Å². The number of carbonyl (C=O) groups is 2. The summed E-state index contributed by atoms with van der Waals surface area (Å²) in [6, 6.07) is 6.31. The van der Waals surface area contributed by atoms with Crippen molar-refractivity contribution >= 4 is 57.3 Å². The number of benzene rings is 2. The van der Waals surface area contributed by atoms with Gasteiger partial charge in [0.1, 0.15) is 0 Å². The number of hydrogen-bond donors (Lipinski definition) is 2. The first kappa shape index (κ1) is 25.8. The Morgan fingerprint density at radius 1 is 0.941 bits per heavy atom. The van der Waals surface area contributed by atoms with Crippen LogP contribution in [0.15, 0.2) is 46.8 Å². The Hall–Kier alpha value is -2.84. The maximum absolute atomic E-state index is 12.8. The van der Waals surface area contributed by atoms with Crippen LogP contribution in [-0.4, -0.2) is 27.8 Å². The van der Waals surface area contributed by atoms with Crippen LogP contribution in [0.1, 0.15) is 21.5 Å². The van der Waals surface area contributed by atoms with Gasteiger partial charge in [0.15, 0.2) is 4.34 Å². The molecular weight excluding hydrogens is 530 g/mol. The van der Waals surface area contributed by atoms with E-state index in [1.807, 2.05) is 0 Å². The van der Waals surface area contributed by atoms with Gasteiger partial charge >= 0.3 is 12.4 Å². The fourth-order valence-electron chi connectivity index (χ4n) is 2.44. The summed E-state index contributed by atoms with van der Waals surface area (Å²) in [5, 5.41) is 11.9. The van der Waals surface area contributed by atoms with Crippen LogP contribution in [0.4, 0.5) is 37.2 Å². The minimum absolute atomic E-state index is 0.0220. The molecule has 3 aromatic rings. The molecule has 6 nitrogen and oxygen atoms in total. The number of amides is 2. The van der Waals surface area contributed by atoms with E-state index in [0.717, 1.165) is 47.4 Å². The van der Waals surface area contributed by atoms with Crippen molar-refractivity contribution in [3.63, 3.8) is 0 Å². The first-order valence-electron chi connectivity index (χ1n) is 8.94. The van der Waals surface area contributed by atoms with Gasteiger partial charge in [-0.1, -0.05) is 40.8 Å². The summed E-state index contributed by atoms with van der Waals surface area (Å²) in [4.78, 5) is 24.3. The third-order valence-corrected chi connectivity index (χ3v) is 6.28. The molecule has 2 N–H and O–H groups in total. The SMILES string of the molecule is O=C(CSc1nnc(NC(=O)c2cccc(C(F)(F)F)c2)s1)Nc1cc(C(F)(F)F)ccc1Cl. The van der Waals surface area contributed by atoms with Crippen LogP contribution in [0.3, 0.4) is 0 Å². The summed E-state index contributed by atoms with van der Waals surface area (Å²) in [5.41, 5.74) is -2.42. The number of anilines is 2. The molecule has 0 spiro atoms. The van der Waals surface area contributed by atoms with Crippen LogP contribution in [-0.2, 0) is 17.1 Å². The molecular formula is C19H11ClF6N4O2S2. The van der Waals surface area contributed by atoms with Crippen LogP contribution >= 0.6 is 34.7 Å². The zero-order chi connectivity index (χ0) is 25.1. The minimum atomic E-state index is -4.61. The minimum Gasteiger partial charge on any atom is -0.324 e. The van der Waals surface area contributed by atoms with Gasteiger partial charge in [0.05, 0.1) is 27.6 Å². The zero-order valence-electron chi connectivity index (χ0n) is 16.4. The Morgan fingerprint density at radius 3 is 2.29 bits per heavy atom. The normalized spacial score (nSPS) is 11.9. The Bertz CT molecular complexity index is 1220. The smallest absolute Gasteiger partial charge is 0.324 e. The second kappa shape index (κ2) is 10.2. The van der Waals surface area contributed by atoms with Gasteiger partial charge in [-0.2, -0.15) is 26.3 Å². The molecule has 1 aromatic heterocycles. The third kappa shape index (κ3) is 6.84. The lowest BCUT2D eigenvalue weighted by Gasteiger charge is -2.11.